The Morgan fingerprint density at radius 3 is 1.30 bits per heavy atom. The van der Waals surface area contributed by atoms with Crippen molar-refractivity contribution in [2.75, 3.05) is 0 Å². The van der Waals surface area contributed by atoms with E-state index in [2.05, 4.69) is 0 Å². The second kappa shape index (κ2) is 4.75. The van der Waals surface area contributed by atoms with Crippen LogP contribution in [0.5, 0.6) is 0 Å². The minimum Gasteiger partial charge on any atom is -0.227 e. The van der Waals surface area contributed by atoms with Crippen LogP contribution in [0.15, 0.2) is 0 Å². The van der Waals surface area contributed by atoms with Crippen molar-refractivity contribution in [2.24, 2.45) is 16.2 Å². The molecule has 0 aromatic rings. The quantitative estimate of drug-likeness (QED) is 0.478. The first-order valence-corrected chi connectivity index (χ1v) is 7.18. The van der Waals surface area contributed by atoms with Gasteiger partial charge in [-0.3, -0.25) is 0 Å². The SMILES string of the molecule is CC(C)(C)C(F)(F)C1(C(C)(C)C)CC(F)(F)C(F)(C(F)(F)F)C1. The Balaban J connectivity index is 3.69. The standard InChI is InChI=1S/C15H22F8/c1-9(2,3)11(14(19,20)10(4,5)6)7-12(16,15(21,22)23)13(17,18)8-11/h7-8H2,1-6H3. The molecule has 0 nitrogen and oxygen atoms in total. The molecule has 1 aliphatic carbocycles. The van der Waals surface area contributed by atoms with Crippen molar-refractivity contribution in [3.05, 3.63) is 0 Å². The van der Waals surface area contributed by atoms with Crippen LogP contribution in [0.1, 0.15) is 54.4 Å². The third-order valence-corrected chi connectivity index (χ3v) is 5.08. The molecule has 0 aromatic heterocycles. The van der Waals surface area contributed by atoms with Crippen LogP contribution in [-0.4, -0.2) is 23.7 Å². The van der Waals surface area contributed by atoms with Crippen molar-refractivity contribution in [3.63, 3.8) is 0 Å². The van der Waals surface area contributed by atoms with Crippen LogP contribution >= 0.6 is 0 Å². The summed E-state index contributed by atoms with van der Waals surface area (Å²) in [4.78, 5) is 0. The van der Waals surface area contributed by atoms with E-state index in [9.17, 15) is 35.1 Å². The fraction of sp³-hybridized carbons (Fsp3) is 1.00. The molecule has 0 bridgehead atoms. The third-order valence-electron chi connectivity index (χ3n) is 5.08. The van der Waals surface area contributed by atoms with Crippen LogP contribution in [0.25, 0.3) is 0 Å². The molecule has 1 rings (SSSR count). The number of hydrogen-bond donors (Lipinski definition) is 0. The molecule has 0 radical (unpaired) electrons. The fourth-order valence-electron chi connectivity index (χ4n) is 3.38. The number of halogens is 8. The molecule has 0 N–H and O–H groups in total. The first kappa shape index (κ1) is 20.5. The van der Waals surface area contributed by atoms with Crippen molar-refractivity contribution in [1.82, 2.24) is 0 Å². The Morgan fingerprint density at radius 1 is 0.696 bits per heavy atom. The molecule has 138 valence electrons. The lowest BCUT2D eigenvalue weighted by Crippen LogP contribution is -2.57. The summed E-state index contributed by atoms with van der Waals surface area (Å²) < 4.78 is 111. The average Bonchev–Trinajstić information content (AvgIpc) is 2.45. The normalized spacial score (nSPS) is 33.1. The molecule has 23 heavy (non-hydrogen) atoms. The van der Waals surface area contributed by atoms with Crippen molar-refractivity contribution in [1.29, 1.82) is 0 Å². The second-order valence-corrected chi connectivity index (χ2v) is 8.51. The molecule has 0 heterocycles. The van der Waals surface area contributed by atoms with Gasteiger partial charge >= 0.3 is 6.18 Å². The first-order valence-electron chi connectivity index (χ1n) is 7.18. The van der Waals surface area contributed by atoms with Crippen LogP contribution in [0.2, 0.25) is 0 Å². The Labute approximate surface area is 130 Å². The monoisotopic (exact) mass is 354 g/mol. The zero-order chi connectivity index (χ0) is 18.9. The molecule has 0 amide bonds. The molecule has 0 aliphatic heterocycles. The van der Waals surface area contributed by atoms with Gasteiger partial charge in [0.15, 0.2) is 0 Å². The first-order chi connectivity index (χ1) is 9.66. The van der Waals surface area contributed by atoms with Gasteiger partial charge in [0.1, 0.15) is 0 Å². The van der Waals surface area contributed by atoms with Crippen LogP contribution in [-0.2, 0) is 0 Å². The van der Waals surface area contributed by atoms with E-state index in [0.717, 1.165) is 41.5 Å². The van der Waals surface area contributed by atoms with Gasteiger partial charge in [0.25, 0.3) is 17.5 Å². The Kier molecular flexibility index (Phi) is 4.23. The minimum absolute atomic E-state index is 1.05. The van der Waals surface area contributed by atoms with Crippen LogP contribution in [0, 0.1) is 16.2 Å². The number of alkyl halides is 8. The van der Waals surface area contributed by atoms with E-state index in [-0.39, 0.29) is 0 Å². The minimum atomic E-state index is -5.93. The predicted octanol–water partition coefficient (Wildman–Crippen LogP) is 6.40. The molecular formula is C15H22F8. The molecule has 8 heteroatoms. The molecule has 2 unspecified atom stereocenters. The highest BCUT2D eigenvalue weighted by atomic mass is 19.4. The lowest BCUT2D eigenvalue weighted by Gasteiger charge is -2.52. The summed E-state index contributed by atoms with van der Waals surface area (Å²) in [5.41, 5.74) is -11.4. The van der Waals surface area contributed by atoms with E-state index in [1.54, 1.807) is 0 Å². The molecular weight excluding hydrogens is 332 g/mol. The number of rotatable bonds is 1. The largest absolute Gasteiger partial charge is 0.428 e. The summed E-state index contributed by atoms with van der Waals surface area (Å²) in [6, 6.07) is 0. The highest BCUT2D eigenvalue weighted by molar-refractivity contribution is 5.20. The highest BCUT2D eigenvalue weighted by Gasteiger charge is 2.84. The highest BCUT2D eigenvalue weighted by Crippen LogP contribution is 2.72. The lowest BCUT2D eigenvalue weighted by molar-refractivity contribution is -0.292. The van der Waals surface area contributed by atoms with E-state index in [1.165, 1.54) is 0 Å². The van der Waals surface area contributed by atoms with E-state index in [4.69, 9.17) is 0 Å². The van der Waals surface area contributed by atoms with Gasteiger partial charge in [-0.1, -0.05) is 41.5 Å². The Bertz CT molecular complexity index is 465. The van der Waals surface area contributed by atoms with Crippen LogP contribution in [0.4, 0.5) is 35.1 Å². The van der Waals surface area contributed by atoms with Gasteiger partial charge < -0.3 is 0 Å². The fourth-order valence-corrected chi connectivity index (χ4v) is 3.38. The molecule has 0 aromatic carbocycles. The Hall–Kier alpha value is -0.560. The van der Waals surface area contributed by atoms with Gasteiger partial charge in [0, 0.05) is 23.7 Å². The van der Waals surface area contributed by atoms with Crippen LogP contribution < -0.4 is 0 Å². The topological polar surface area (TPSA) is 0 Å². The van der Waals surface area contributed by atoms with Crippen molar-refractivity contribution in [2.45, 2.75) is 78.1 Å². The second-order valence-electron chi connectivity index (χ2n) is 8.51. The molecule has 0 saturated heterocycles. The lowest BCUT2D eigenvalue weighted by atomic mass is 9.56. The van der Waals surface area contributed by atoms with Gasteiger partial charge in [-0.25, -0.2) is 22.0 Å². The van der Waals surface area contributed by atoms with E-state index < -0.39 is 52.8 Å². The molecule has 2 atom stereocenters. The average molecular weight is 354 g/mol. The molecule has 1 fully saturated rings. The zero-order valence-corrected chi connectivity index (χ0v) is 13.9. The molecule has 0 spiro atoms. The van der Waals surface area contributed by atoms with Gasteiger partial charge in [-0.2, -0.15) is 13.2 Å². The van der Waals surface area contributed by atoms with Gasteiger partial charge in [-0.15, -0.1) is 0 Å². The van der Waals surface area contributed by atoms with E-state index in [1.807, 2.05) is 0 Å². The van der Waals surface area contributed by atoms with E-state index >= 15 is 0 Å². The third kappa shape index (κ3) is 2.54. The maximum absolute atomic E-state index is 15.0. The zero-order valence-electron chi connectivity index (χ0n) is 13.9. The smallest absolute Gasteiger partial charge is 0.227 e. The summed E-state index contributed by atoms with van der Waals surface area (Å²) in [5, 5.41) is 0. The maximum atomic E-state index is 15.0. The maximum Gasteiger partial charge on any atom is 0.428 e. The van der Waals surface area contributed by atoms with E-state index in [0.29, 0.717) is 0 Å². The van der Waals surface area contributed by atoms with Crippen molar-refractivity contribution < 1.29 is 35.1 Å². The van der Waals surface area contributed by atoms with Crippen LogP contribution in [0.3, 0.4) is 0 Å². The van der Waals surface area contributed by atoms with Gasteiger partial charge in [0.05, 0.1) is 0 Å². The molecule has 1 saturated carbocycles. The summed E-state index contributed by atoms with van der Waals surface area (Å²) >= 11 is 0. The summed E-state index contributed by atoms with van der Waals surface area (Å²) in [6.45, 7) is 6.57. The van der Waals surface area contributed by atoms with Gasteiger partial charge in [0.2, 0.25) is 0 Å². The van der Waals surface area contributed by atoms with Gasteiger partial charge in [-0.05, 0) is 5.41 Å². The molecule has 1 aliphatic rings. The summed E-state index contributed by atoms with van der Waals surface area (Å²) in [7, 11) is 0. The number of hydrogen-bond acceptors (Lipinski definition) is 0. The summed E-state index contributed by atoms with van der Waals surface area (Å²) in [6.07, 6.45) is -9.76. The summed E-state index contributed by atoms with van der Waals surface area (Å²) in [5.74, 6) is -8.87. The predicted molar refractivity (Wildman–Crippen MR) is 70.4 cm³/mol. The van der Waals surface area contributed by atoms with Crippen molar-refractivity contribution >= 4 is 0 Å². The van der Waals surface area contributed by atoms with Crippen molar-refractivity contribution in [3.8, 4) is 0 Å². The Morgan fingerprint density at radius 2 is 1.09 bits per heavy atom.